The third-order valence-electron chi connectivity index (χ3n) is 8.95. The number of nitrogens with one attached hydrogen (secondary N) is 1. The summed E-state index contributed by atoms with van der Waals surface area (Å²) in [5.74, 6) is 3.16. The second kappa shape index (κ2) is 9.80. The standard InChI is InChI=1S/C29H42N2O2/c1-2-3-7-13-31-26-11-8-10-24(25(26)17-28(31)33)9-5-4-6-12-27(32)30-29-18-21-14-22(19-29)16-23(15-21)20-29/h8,10-11,21-23H,2-7,9,12-20H2,1H3,(H,30,32). The number of carbonyl (C=O) groups excluding carboxylic acids is 2. The normalized spacial score (nSPS) is 29.5. The van der Waals surface area contributed by atoms with Gasteiger partial charge in [0, 0.05) is 24.2 Å². The Kier molecular flexibility index (Phi) is 6.81. The first-order valence-corrected chi connectivity index (χ1v) is 13.8. The van der Waals surface area contributed by atoms with Gasteiger partial charge in [-0.05, 0) is 99.2 Å². The third kappa shape index (κ3) is 5.00. The number of hydrogen-bond donors (Lipinski definition) is 1. The number of benzene rings is 1. The van der Waals surface area contributed by atoms with Gasteiger partial charge in [-0.15, -0.1) is 0 Å². The first kappa shape index (κ1) is 22.9. The minimum Gasteiger partial charge on any atom is -0.351 e. The van der Waals surface area contributed by atoms with Crippen LogP contribution in [0, 0.1) is 17.8 Å². The van der Waals surface area contributed by atoms with Crippen LogP contribution in [-0.2, 0) is 22.4 Å². The van der Waals surface area contributed by atoms with Crippen LogP contribution in [0.1, 0.15) is 102 Å². The smallest absolute Gasteiger partial charge is 0.231 e. The summed E-state index contributed by atoms with van der Waals surface area (Å²) >= 11 is 0. The van der Waals surface area contributed by atoms with Crippen LogP contribution in [0.25, 0.3) is 0 Å². The van der Waals surface area contributed by atoms with Crippen LogP contribution >= 0.6 is 0 Å². The van der Waals surface area contributed by atoms with Gasteiger partial charge in [0.25, 0.3) is 0 Å². The maximum absolute atomic E-state index is 12.7. The molecule has 0 spiro atoms. The molecule has 1 aromatic carbocycles. The van der Waals surface area contributed by atoms with E-state index in [1.807, 2.05) is 4.90 Å². The Morgan fingerprint density at radius 1 is 1.00 bits per heavy atom. The van der Waals surface area contributed by atoms with Crippen molar-refractivity contribution < 1.29 is 9.59 Å². The van der Waals surface area contributed by atoms with Crippen LogP contribution in [0.3, 0.4) is 0 Å². The Morgan fingerprint density at radius 3 is 2.42 bits per heavy atom. The Labute approximate surface area is 199 Å². The fraction of sp³-hybridized carbons (Fsp3) is 0.724. The van der Waals surface area contributed by atoms with Crippen molar-refractivity contribution in [2.45, 2.75) is 109 Å². The first-order valence-electron chi connectivity index (χ1n) is 13.8. The summed E-state index contributed by atoms with van der Waals surface area (Å²) in [5.41, 5.74) is 3.87. The molecular formula is C29H42N2O2. The number of amides is 2. The van der Waals surface area contributed by atoms with E-state index >= 15 is 0 Å². The van der Waals surface area contributed by atoms with Gasteiger partial charge in [0.2, 0.25) is 11.8 Å². The van der Waals surface area contributed by atoms with E-state index in [0.29, 0.717) is 12.8 Å². The lowest BCUT2D eigenvalue weighted by Crippen LogP contribution is -2.59. The van der Waals surface area contributed by atoms with Crippen molar-refractivity contribution in [3.63, 3.8) is 0 Å². The van der Waals surface area contributed by atoms with Crippen molar-refractivity contribution in [2.24, 2.45) is 17.8 Å². The zero-order valence-electron chi connectivity index (χ0n) is 20.5. The minimum absolute atomic E-state index is 0.145. The fourth-order valence-electron chi connectivity index (χ4n) is 7.86. The third-order valence-corrected chi connectivity index (χ3v) is 8.95. The zero-order valence-corrected chi connectivity index (χ0v) is 20.5. The van der Waals surface area contributed by atoms with Gasteiger partial charge in [0.15, 0.2) is 0 Å². The Bertz CT molecular complexity index is 841. The molecule has 1 aliphatic heterocycles. The molecule has 5 aliphatic rings. The van der Waals surface area contributed by atoms with Crippen LogP contribution in [0.4, 0.5) is 5.69 Å². The number of unbranched alkanes of at least 4 members (excludes halogenated alkanes) is 4. The minimum atomic E-state index is 0.145. The molecule has 0 unspecified atom stereocenters. The van der Waals surface area contributed by atoms with Gasteiger partial charge < -0.3 is 10.2 Å². The molecule has 4 bridgehead atoms. The molecule has 1 aromatic rings. The highest BCUT2D eigenvalue weighted by Crippen LogP contribution is 2.55. The van der Waals surface area contributed by atoms with Crippen molar-refractivity contribution in [1.82, 2.24) is 5.32 Å². The fourth-order valence-corrected chi connectivity index (χ4v) is 7.86. The van der Waals surface area contributed by atoms with E-state index in [0.717, 1.165) is 62.1 Å². The molecule has 4 saturated carbocycles. The molecule has 1 N–H and O–H groups in total. The molecule has 0 radical (unpaired) electrons. The molecule has 0 saturated heterocycles. The van der Waals surface area contributed by atoms with Crippen molar-refractivity contribution in [3.05, 3.63) is 29.3 Å². The molecule has 4 nitrogen and oxygen atoms in total. The van der Waals surface area contributed by atoms with Gasteiger partial charge in [-0.25, -0.2) is 0 Å². The summed E-state index contributed by atoms with van der Waals surface area (Å²) in [6.45, 7) is 3.05. The maximum atomic E-state index is 12.7. The van der Waals surface area contributed by atoms with Crippen LogP contribution in [0.2, 0.25) is 0 Å². The van der Waals surface area contributed by atoms with E-state index in [9.17, 15) is 9.59 Å². The van der Waals surface area contributed by atoms with E-state index in [1.165, 1.54) is 62.5 Å². The number of anilines is 1. The molecule has 1 heterocycles. The van der Waals surface area contributed by atoms with Gasteiger partial charge in [-0.1, -0.05) is 38.3 Å². The monoisotopic (exact) mass is 450 g/mol. The highest BCUT2D eigenvalue weighted by molar-refractivity contribution is 6.01. The second-order valence-corrected chi connectivity index (χ2v) is 11.7. The van der Waals surface area contributed by atoms with E-state index in [1.54, 1.807) is 0 Å². The second-order valence-electron chi connectivity index (χ2n) is 11.7. The van der Waals surface area contributed by atoms with E-state index in [4.69, 9.17) is 0 Å². The van der Waals surface area contributed by atoms with Crippen molar-refractivity contribution in [3.8, 4) is 0 Å². The molecule has 0 atom stereocenters. The summed E-state index contributed by atoms with van der Waals surface area (Å²) in [4.78, 5) is 27.3. The van der Waals surface area contributed by atoms with Crippen molar-refractivity contribution in [2.75, 3.05) is 11.4 Å². The summed E-state index contributed by atoms with van der Waals surface area (Å²) < 4.78 is 0. The highest BCUT2D eigenvalue weighted by Gasteiger charge is 2.51. The number of carbonyl (C=O) groups is 2. The first-order chi connectivity index (χ1) is 16.0. The average molecular weight is 451 g/mol. The number of nitrogens with zero attached hydrogens (tertiary/aromatic N) is 1. The van der Waals surface area contributed by atoms with Crippen LogP contribution < -0.4 is 10.2 Å². The van der Waals surface area contributed by atoms with Crippen molar-refractivity contribution in [1.29, 1.82) is 0 Å². The van der Waals surface area contributed by atoms with Crippen molar-refractivity contribution >= 4 is 17.5 Å². The summed E-state index contributed by atoms with van der Waals surface area (Å²) in [5, 5.41) is 3.52. The molecular weight excluding hydrogens is 408 g/mol. The maximum Gasteiger partial charge on any atom is 0.231 e. The van der Waals surface area contributed by atoms with Gasteiger partial charge in [0.1, 0.15) is 0 Å². The van der Waals surface area contributed by atoms with E-state index in [-0.39, 0.29) is 17.4 Å². The number of hydrogen-bond acceptors (Lipinski definition) is 2. The van der Waals surface area contributed by atoms with Gasteiger partial charge in [0.05, 0.1) is 6.42 Å². The summed E-state index contributed by atoms with van der Waals surface area (Å²) in [7, 11) is 0. The summed E-state index contributed by atoms with van der Waals surface area (Å²) in [6, 6.07) is 6.42. The molecule has 4 aliphatic carbocycles. The van der Waals surface area contributed by atoms with Gasteiger partial charge in [-0.3, -0.25) is 9.59 Å². The molecule has 33 heavy (non-hydrogen) atoms. The molecule has 180 valence electrons. The van der Waals surface area contributed by atoms with Crippen LogP contribution in [0.15, 0.2) is 18.2 Å². The lowest BCUT2D eigenvalue weighted by atomic mass is 9.53. The van der Waals surface area contributed by atoms with Gasteiger partial charge in [-0.2, -0.15) is 0 Å². The van der Waals surface area contributed by atoms with Crippen LogP contribution in [0.5, 0.6) is 0 Å². The van der Waals surface area contributed by atoms with Crippen LogP contribution in [-0.4, -0.2) is 23.9 Å². The molecule has 2 amide bonds. The van der Waals surface area contributed by atoms with E-state index in [2.05, 4.69) is 30.4 Å². The Morgan fingerprint density at radius 2 is 1.73 bits per heavy atom. The molecule has 6 rings (SSSR count). The number of aryl methyl sites for hydroxylation is 1. The Hall–Kier alpha value is -1.84. The predicted octanol–water partition coefficient (Wildman–Crippen LogP) is 5.95. The van der Waals surface area contributed by atoms with E-state index < -0.39 is 0 Å². The van der Waals surface area contributed by atoms with Gasteiger partial charge >= 0.3 is 0 Å². The lowest BCUT2D eigenvalue weighted by Gasteiger charge is -2.56. The Balaban J connectivity index is 1.06. The average Bonchev–Trinajstić information content (AvgIpc) is 3.08. The predicted molar refractivity (Wildman–Crippen MR) is 133 cm³/mol. The molecule has 4 fully saturated rings. The number of fused-ring (bicyclic) bond motifs is 1. The largest absolute Gasteiger partial charge is 0.351 e. The molecule has 0 aromatic heterocycles. The topological polar surface area (TPSA) is 49.4 Å². The number of rotatable bonds is 11. The highest BCUT2D eigenvalue weighted by atomic mass is 16.2. The lowest BCUT2D eigenvalue weighted by molar-refractivity contribution is -0.127. The zero-order chi connectivity index (χ0) is 22.8. The quantitative estimate of drug-likeness (QED) is 0.423. The molecule has 4 heteroatoms. The summed E-state index contributed by atoms with van der Waals surface area (Å²) in [6.07, 6.45) is 16.8. The SMILES string of the molecule is CCCCCN1C(=O)Cc2c(CCCCCC(=O)NC34CC5CC(CC(C5)C3)C4)cccc21.